The normalized spacial score (nSPS) is 18.8. The molecule has 0 aromatic heterocycles. The minimum absolute atomic E-state index is 0.159. The summed E-state index contributed by atoms with van der Waals surface area (Å²) in [5.74, 6) is 0. The van der Waals surface area contributed by atoms with Crippen molar-refractivity contribution in [2.24, 2.45) is 5.41 Å². The average Bonchev–Trinajstić information content (AvgIpc) is 2.35. The number of aryl methyl sites for hydroxylation is 1. The molecule has 0 atom stereocenters. The molecule has 20 heavy (non-hydrogen) atoms. The van der Waals surface area contributed by atoms with E-state index in [4.69, 9.17) is 0 Å². The molecule has 0 aliphatic heterocycles. The van der Waals surface area contributed by atoms with E-state index in [1.165, 1.54) is 12.8 Å². The zero-order valence-electron chi connectivity index (χ0n) is 12.2. The molecule has 1 N–H and O–H groups in total. The molecule has 0 unspecified atom stereocenters. The van der Waals surface area contributed by atoms with E-state index in [2.05, 4.69) is 35.1 Å². The van der Waals surface area contributed by atoms with Crippen LogP contribution in [0.5, 0.6) is 0 Å². The quantitative estimate of drug-likeness (QED) is 0.618. The van der Waals surface area contributed by atoms with E-state index in [0.717, 1.165) is 23.0 Å². The fourth-order valence-electron chi connectivity index (χ4n) is 2.74. The second-order valence-electron chi connectivity index (χ2n) is 6.46. The standard InChI is InChI=1S/C15H21BrN2O2/c1-10-8-13(12(16)9-14(10)18(19)20)17-11-4-6-15(2,3)7-5-11/h8-9,11,17H,4-7H2,1-3H3. The Hall–Kier alpha value is -1.10. The molecule has 1 aliphatic rings. The smallest absolute Gasteiger partial charge is 0.273 e. The molecule has 1 aromatic rings. The topological polar surface area (TPSA) is 55.2 Å². The maximum atomic E-state index is 10.9. The predicted molar refractivity (Wildman–Crippen MR) is 85.2 cm³/mol. The van der Waals surface area contributed by atoms with Crippen molar-refractivity contribution in [3.8, 4) is 0 Å². The average molecular weight is 341 g/mol. The lowest BCUT2D eigenvalue weighted by Crippen LogP contribution is -2.30. The van der Waals surface area contributed by atoms with E-state index in [1.807, 2.05) is 6.07 Å². The van der Waals surface area contributed by atoms with Crippen LogP contribution in [0.4, 0.5) is 11.4 Å². The van der Waals surface area contributed by atoms with Crippen LogP contribution in [0.1, 0.15) is 45.1 Å². The molecular formula is C15H21BrN2O2. The molecule has 110 valence electrons. The van der Waals surface area contributed by atoms with Crippen LogP contribution in [0.25, 0.3) is 0 Å². The zero-order valence-corrected chi connectivity index (χ0v) is 13.8. The number of hydrogen-bond donors (Lipinski definition) is 1. The lowest BCUT2D eigenvalue weighted by molar-refractivity contribution is -0.385. The molecule has 1 saturated carbocycles. The van der Waals surface area contributed by atoms with Crippen molar-refractivity contribution in [3.63, 3.8) is 0 Å². The highest BCUT2D eigenvalue weighted by Crippen LogP contribution is 2.38. The Morgan fingerprint density at radius 3 is 2.50 bits per heavy atom. The van der Waals surface area contributed by atoms with Crippen LogP contribution in [0.15, 0.2) is 16.6 Å². The zero-order chi connectivity index (χ0) is 14.9. The highest BCUT2D eigenvalue weighted by molar-refractivity contribution is 9.10. The molecule has 1 aliphatic carbocycles. The van der Waals surface area contributed by atoms with E-state index in [9.17, 15) is 10.1 Å². The van der Waals surface area contributed by atoms with Crippen molar-refractivity contribution < 1.29 is 4.92 Å². The second kappa shape index (κ2) is 5.72. The largest absolute Gasteiger partial charge is 0.381 e. The van der Waals surface area contributed by atoms with E-state index < -0.39 is 0 Å². The molecule has 1 aromatic carbocycles. The van der Waals surface area contributed by atoms with Gasteiger partial charge >= 0.3 is 0 Å². The third-order valence-electron chi connectivity index (χ3n) is 4.18. The first-order valence-corrected chi connectivity index (χ1v) is 7.79. The Labute approximate surface area is 128 Å². The van der Waals surface area contributed by atoms with Gasteiger partial charge in [-0.3, -0.25) is 10.1 Å². The summed E-state index contributed by atoms with van der Waals surface area (Å²) in [5.41, 5.74) is 2.25. The van der Waals surface area contributed by atoms with Gasteiger partial charge in [0.25, 0.3) is 5.69 Å². The number of hydrogen-bond acceptors (Lipinski definition) is 3. The minimum atomic E-state index is -0.340. The third kappa shape index (κ3) is 3.51. The maximum absolute atomic E-state index is 10.9. The predicted octanol–water partition coefficient (Wildman–Crippen LogP) is 5.05. The molecule has 5 heteroatoms. The van der Waals surface area contributed by atoms with Crippen molar-refractivity contribution in [2.75, 3.05) is 5.32 Å². The van der Waals surface area contributed by atoms with Crippen LogP contribution in [-0.2, 0) is 0 Å². The number of rotatable bonds is 3. The number of nitrogens with zero attached hydrogens (tertiary/aromatic N) is 1. The first kappa shape index (κ1) is 15.3. The highest BCUT2D eigenvalue weighted by Gasteiger charge is 2.27. The van der Waals surface area contributed by atoms with Gasteiger partial charge in [0.05, 0.1) is 4.92 Å². The van der Waals surface area contributed by atoms with Gasteiger partial charge in [-0.2, -0.15) is 0 Å². The maximum Gasteiger partial charge on any atom is 0.273 e. The number of benzene rings is 1. The molecule has 1 fully saturated rings. The van der Waals surface area contributed by atoms with Crippen LogP contribution in [0.2, 0.25) is 0 Å². The van der Waals surface area contributed by atoms with Crippen LogP contribution >= 0.6 is 15.9 Å². The van der Waals surface area contributed by atoms with Gasteiger partial charge < -0.3 is 5.32 Å². The number of nitro groups is 1. The first-order chi connectivity index (χ1) is 9.28. The minimum Gasteiger partial charge on any atom is -0.381 e. The van der Waals surface area contributed by atoms with Crippen LogP contribution in [-0.4, -0.2) is 11.0 Å². The van der Waals surface area contributed by atoms with Crippen molar-refractivity contribution in [3.05, 3.63) is 32.3 Å². The third-order valence-corrected chi connectivity index (χ3v) is 4.84. The molecular weight excluding hydrogens is 320 g/mol. The summed E-state index contributed by atoms with van der Waals surface area (Å²) in [4.78, 5) is 10.6. The summed E-state index contributed by atoms with van der Waals surface area (Å²) < 4.78 is 0.764. The number of halogens is 1. The van der Waals surface area contributed by atoms with E-state index in [1.54, 1.807) is 13.0 Å². The monoisotopic (exact) mass is 340 g/mol. The van der Waals surface area contributed by atoms with Gasteiger partial charge in [0.15, 0.2) is 0 Å². The van der Waals surface area contributed by atoms with E-state index >= 15 is 0 Å². The molecule has 0 saturated heterocycles. The van der Waals surface area contributed by atoms with Crippen molar-refractivity contribution >= 4 is 27.3 Å². The molecule has 0 amide bonds. The molecule has 0 bridgehead atoms. The van der Waals surface area contributed by atoms with Gasteiger partial charge in [0, 0.05) is 27.8 Å². The lowest BCUT2D eigenvalue weighted by Gasteiger charge is -2.35. The van der Waals surface area contributed by atoms with Crippen molar-refractivity contribution in [1.29, 1.82) is 0 Å². The fourth-order valence-corrected chi connectivity index (χ4v) is 3.19. The van der Waals surface area contributed by atoms with Gasteiger partial charge in [0.1, 0.15) is 0 Å². The summed E-state index contributed by atoms with van der Waals surface area (Å²) in [7, 11) is 0. The molecule has 0 spiro atoms. The number of anilines is 1. The number of nitrogens with one attached hydrogen (secondary N) is 1. The van der Waals surface area contributed by atoms with Crippen LogP contribution in [0, 0.1) is 22.5 Å². The molecule has 0 heterocycles. The van der Waals surface area contributed by atoms with Gasteiger partial charge in [0.2, 0.25) is 0 Å². The van der Waals surface area contributed by atoms with Crippen molar-refractivity contribution in [2.45, 2.75) is 52.5 Å². The second-order valence-corrected chi connectivity index (χ2v) is 7.31. The summed E-state index contributed by atoms with van der Waals surface area (Å²) in [6.07, 6.45) is 4.73. The lowest BCUT2D eigenvalue weighted by atomic mass is 9.75. The van der Waals surface area contributed by atoms with E-state index in [0.29, 0.717) is 17.0 Å². The Balaban J connectivity index is 2.11. The Kier molecular flexibility index (Phi) is 4.37. The summed E-state index contributed by atoms with van der Waals surface area (Å²) in [6, 6.07) is 3.91. The van der Waals surface area contributed by atoms with Crippen LogP contribution in [0.3, 0.4) is 0 Å². The van der Waals surface area contributed by atoms with Gasteiger partial charge in [-0.25, -0.2) is 0 Å². The highest BCUT2D eigenvalue weighted by atomic mass is 79.9. The Morgan fingerprint density at radius 1 is 1.35 bits per heavy atom. The molecule has 0 radical (unpaired) electrons. The fraction of sp³-hybridized carbons (Fsp3) is 0.600. The summed E-state index contributed by atoms with van der Waals surface area (Å²) >= 11 is 3.43. The Bertz CT molecular complexity index is 519. The van der Waals surface area contributed by atoms with Crippen molar-refractivity contribution in [1.82, 2.24) is 0 Å². The Morgan fingerprint density at radius 2 is 1.95 bits per heavy atom. The molecule has 4 nitrogen and oxygen atoms in total. The molecule has 2 rings (SSSR count). The summed E-state index contributed by atoms with van der Waals surface area (Å²) in [5, 5.41) is 14.4. The first-order valence-electron chi connectivity index (χ1n) is 6.99. The van der Waals surface area contributed by atoms with Gasteiger partial charge in [-0.05, 0) is 60.0 Å². The summed E-state index contributed by atoms with van der Waals surface area (Å²) in [6.45, 7) is 6.41. The van der Waals surface area contributed by atoms with E-state index in [-0.39, 0.29) is 10.6 Å². The van der Waals surface area contributed by atoms with Gasteiger partial charge in [-0.1, -0.05) is 13.8 Å². The van der Waals surface area contributed by atoms with Crippen LogP contribution < -0.4 is 5.32 Å². The van der Waals surface area contributed by atoms with Gasteiger partial charge in [-0.15, -0.1) is 0 Å². The SMILES string of the molecule is Cc1cc(NC2CCC(C)(C)CC2)c(Br)cc1[N+](=O)[O-]. The number of nitro benzene ring substituents is 1.